The van der Waals surface area contributed by atoms with E-state index in [1.807, 2.05) is 30.3 Å². The molecule has 1 atom stereocenters. The average molecular weight is 349 g/mol. The van der Waals surface area contributed by atoms with Crippen molar-refractivity contribution in [2.45, 2.75) is 19.8 Å². The highest BCUT2D eigenvalue weighted by Gasteiger charge is 2.15. The molecule has 0 aliphatic carbocycles. The molecule has 25 heavy (non-hydrogen) atoms. The number of ether oxygens (including phenoxy) is 3. The van der Waals surface area contributed by atoms with Gasteiger partial charge in [0, 0.05) is 32.2 Å². The van der Waals surface area contributed by atoms with Crippen LogP contribution in [-0.4, -0.2) is 58.6 Å². The molecule has 2 N–H and O–H groups in total. The third kappa shape index (κ3) is 8.74. The molecule has 1 aromatic rings. The number of rotatable bonds is 11. The van der Waals surface area contributed by atoms with Crippen molar-refractivity contribution in [1.29, 1.82) is 0 Å². The Hall–Kier alpha value is -1.79. The smallest absolute Gasteiger partial charge is 0.191 e. The van der Waals surface area contributed by atoms with Gasteiger partial charge in [0.05, 0.1) is 19.8 Å². The van der Waals surface area contributed by atoms with E-state index < -0.39 is 0 Å². The van der Waals surface area contributed by atoms with Crippen molar-refractivity contribution in [2.24, 2.45) is 10.9 Å². The van der Waals surface area contributed by atoms with Crippen LogP contribution in [0.25, 0.3) is 0 Å². The Bertz CT molecular complexity index is 476. The number of nitrogens with one attached hydrogen (secondary N) is 2. The quantitative estimate of drug-likeness (QED) is 0.364. The zero-order valence-corrected chi connectivity index (χ0v) is 15.2. The molecular weight excluding hydrogens is 318 g/mol. The van der Waals surface area contributed by atoms with Gasteiger partial charge in [0.2, 0.25) is 0 Å². The lowest BCUT2D eigenvalue weighted by atomic mass is 10.1. The summed E-state index contributed by atoms with van der Waals surface area (Å²) in [5, 5.41) is 6.53. The summed E-state index contributed by atoms with van der Waals surface area (Å²) >= 11 is 0. The summed E-state index contributed by atoms with van der Waals surface area (Å²) in [6.07, 6.45) is 2.04. The lowest BCUT2D eigenvalue weighted by molar-refractivity contribution is 0.0893. The molecular formula is C19H31N3O3. The van der Waals surface area contributed by atoms with Crippen LogP contribution in [-0.2, 0) is 9.47 Å². The molecule has 140 valence electrons. The maximum absolute atomic E-state index is 5.70. The maximum Gasteiger partial charge on any atom is 0.191 e. The zero-order valence-electron chi connectivity index (χ0n) is 15.2. The van der Waals surface area contributed by atoms with Crippen molar-refractivity contribution >= 4 is 5.96 Å². The molecule has 1 heterocycles. The molecule has 0 spiro atoms. The molecule has 1 aliphatic heterocycles. The number of hydrogen-bond acceptors (Lipinski definition) is 4. The van der Waals surface area contributed by atoms with Crippen LogP contribution in [0.5, 0.6) is 5.75 Å². The Morgan fingerprint density at radius 1 is 1.24 bits per heavy atom. The molecule has 0 bridgehead atoms. The summed E-state index contributed by atoms with van der Waals surface area (Å²) < 4.78 is 16.7. The van der Waals surface area contributed by atoms with Gasteiger partial charge in [-0.15, -0.1) is 0 Å². The fourth-order valence-corrected chi connectivity index (χ4v) is 2.52. The molecule has 2 rings (SSSR count). The molecule has 1 aliphatic rings. The van der Waals surface area contributed by atoms with Crippen LogP contribution in [0.2, 0.25) is 0 Å². The Kier molecular flexibility index (Phi) is 9.81. The molecule has 6 nitrogen and oxygen atoms in total. The van der Waals surface area contributed by atoms with Crippen molar-refractivity contribution < 1.29 is 14.2 Å². The Balaban J connectivity index is 1.54. The summed E-state index contributed by atoms with van der Waals surface area (Å²) in [6.45, 7) is 8.22. The normalized spacial score (nSPS) is 17.5. The van der Waals surface area contributed by atoms with E-state index in [0.717, 1.165) is 64.1 Å². The third-order valence-electron chi connectivity index (χ3n) is 3.84. The molecule has 1 aromatic carbocycles. The molecule has 6 heteroatoms. The second-order valence-corrected chi connectivity index (χ2v) is 6.01. The second kappa shape index (κ2) is 12.6. The summed E-state index contributed by atoms with van der Waals surface area (Å²) in [4.78, 5) is 4.56. The largest absolute Gasteiger partial charge is 0.492 e. The zero-order chi connectivity index (χ0) is 17.6. The molecule has 0 saturated carbocycles. The summed E-state index contributed by atoms with van der Waals surface area (Å²) in [5.74, 6) is 2.28. The summed E-state index contributed by atoms with van der Waals surface area (Å²) in [6, 6.07) is 9.83. The molecule has 0 amide bonds. The standard InChI is InChI=1S/C19H31N3O3/c1-2-20-19(22-11-14-25-18-7-4-3-5-8-18)21-10-6-12-23-15-17-9-13-24-16-17/h3-5,7-8,17H,2,6,9-16H2,1H3,(H2,20,21,22). The van der Waals surface area contributed by atoms with E-state index in [4.69, 9.17) is 14.2 Å². The van der Waals surface area contributed by atoms with Crippen molar-refractivity contribution in [3.63, 3.8) is 0 Å². The van der Waals surface area contributed by atoms with E-state index in [1.54, 1.807) is 0 Å². The number of hydrogen-bond donors (Lipinski definition) is 2. The molecule has 1 fully saturated rings. The van der Waals surface area contributed by atoms with E-state index in [1.165, 1.54) is 0 Å². The second-order valence-electron chi connectivity index (χ2n) is 6.01. The van der Waals surface area contributed by atoms with Gasteiger partial charge >= 0.3 is 0 Å². The first kappa shape index (κ1) is 19.5. The number of aliphatic imine (C=N–C) groups is 1. The fourth-order valence-electron chi connectivity index (χ4n) is 2.52. The van der Waals surface area contributed by atoms with Crippen LogP contribution in [0, 0.1) is 5.92 Å². The summed E-state index contributed by atoms with van der Waals surface area (Å²) in [7, 11) is 0. The molecule has 0 aromatic heterocycles. The van der Waals surface area contributed by atoms with Crippen LogP contribution < -0.4 is 15.4 Å². The van der Waals surface area contributed by atoms with Crippen LogP contribution in [0.15, 0.2) is 35.3 Å². The van der Waals surface area contributed by atoms with Crippen LogP contribution in [0.3, 0.4) is 0 Å². The molecule has 1 saturated heterocycles. The third-order valence-corrected chi connectivity index (χ3v) is 3.84. The van der Waals surface area contributed by atoms with Crippen LogP contribution in [0.1, 0.15) is 19.8 Å². The van der Waals surface area contributed by atoms with Gasteiger partial charge in [0.1, 0.15) is 12.4 Å². The van der Waals surface area contributed by atoms with Crippen molar-refractivity contribution in [3.8, 4) is 5.75 Å². The van der Waals surface area contributed by atoms with Gasteiger partial charge in [-0.05, 0) is 31.9 Å². The first-order valence-electron chi connectivity index (χ1n) is 9.24. The van der Waals surface area contributed by atoms with E-state index in [0.29, 0.717) is 19.1 Å². The van der Waals surface area contributed by atoms with Crippen molar-refractivity contribution in [1.82, 2.24) is 10.6 Å². The molecule has 1 unspecified atom stereocenters. The van der Waals surface area contributed by atoms with Gasteiger partial charge in [-0.3, -0.25) is 4.99 Å². The van der Waals surface area contributed by atoms with Gasteiger partial charge in [-0.25, -0.2) is 0 Å². The minimum absolute atomic E-state index is 0.576. The minimum atomic E-state index is 0.576. The van der Waals surface area contributed by atoms with Gasteiger partial charge < -0.3 is 24.8 Å². The summed E-state index contributed by atoms with van der Waals surface area (Å²) in [5.41, 5.74) is 0. The maximum atomic E-state index is 5.70. The highest BCUT2D eigenvalue weighted by atomic mass is 16.5. The number of guanidine groups is 1. The van der Waals surface area contributed by atoms with Gasteiger partial charge in [-0.2, -0.15) is 0 Å². The number of para-hydroxylation sites is 1. The Labute approximate surface area is 151 Å². The van der Waals surface area contributed by atoms with E-state index in [-0.39, 0.29) is 0 Å². The van der Waals surface area contributed by atoms with E-state index >= 15 is 0 Å². The minimum Gasteiger partial charge on any atom is -0.492 e. The van der Waals surface area contributed by atoms with Crippen molar-refractivity contribution in [3.05, 3.63) is 30.3 Å². The van der Waals surface area contributed by atoms with Gasteiger partial charge in [0.25, 0.3) is 0 Å². The van der Waals surface area contributed by atoms with Crippen LogP contribution in [0.4, 0.5) is 0 Å². The average Bonchev–Trinajstić information content (AvgIpc) is 3.16. The predicted octanol–water partition coefficient (Wildman–Crippen LogP) is 2.06. The molecule has 0 radical (unpaired) electrons. The Morgan fingerprint density at radius 2 is 2.12 bits per heavy atom. The van der Waals surface area contributed by atoms with Gasteiger partial charge in [0.15, 0.2) is 5.96 Å². The van der Waals surface area contributed by atoms with E-state index in [9.17, 15) is 0 Å². The Morgan fingerprint density at radius 3 is 2.88 bits per heavy atom. The predicted molar refractivity (Wildman–Crippen MR) is 100 cm³/mol. The lowest BCUT2D eigenvalue weighted by Crippen LogP contribution is -2.39. The monoisotopic (exact) mass is 349 g/mol. The highest BCUT2D eigenvalue weighted by Crippen LogP contribution is 2.12. The highest BCUT2D eigenvalue weighted by molar-refractivity contribution is 5.79. The topological polar surface area (TPSA) is 64.1 Å². The first-order chi connectivity index (χ1) is 12.4. The lowest BCUT2D eigenvalue weighted by Gasteiger charge is -2.12. The fraction of sp³-hybridized carbons (Fsp3) is 0.632. The van der Waals surface area contributed by atoms with Crippen LogP contribution >= 0.6 is 0 Å². The SMILES string of the molecule is CCNC(=NCCCOCC1CCOC1)NCCOc1ccccc1. The van der Waals surface area contributed by atoms with Gasteiger partial charge in [-0.1, -0.05) is 18.2 Å². The number of nitrogens with zero attached hydrogens (tertiary/aromatic N) is 1. The first-order valence-corrected chi connectivity index (χ1v) is 9.24. The van der Waals surface area contributed by atoms with E-state index in [2.05, 4.69) is 22.5 Å². The number of benzene rings is 1. The van der Waals surface area contributed by atoms with Crippen molar-refractivity contribution in [2.75, 3.05) is 52.7 Å².